The van der Waals surface area contributed by atoms with Crippen LogP contribution in [0.4, 0.5) is 23.7 Å². The SMILES string of the molecule is Cc1ccc(C(C)C)c(N2/C(=N/C(=O)NC3CCC(c4ccc(-c5ncn(-c6ccc(OC(F)(F)F)cc6)n5)cc4)C3)SCCC2C)c1. The number of urea groups is 1. The van der Waals surface area contributed by atoms with Crippen molar-refractivity contribution in [3.05, 3.63) is 89.7 Å². The minimum Gasteiger partial charge on any atom is -0.406 e. The number of anilines is 1. The van der Waals surface area contributed by atoms with E-state index in [1.54, 1.807) is 11.8 Å². The number of rotatable bonds is 7. The zero-order chi connectivity index (χ0) is 34.0. The molecule has 3 aromatic carbocycles. The lowest BCUT2D eigenvalue weighted by Gasteiger charge is -2.37. The lowest BCUT2D eigenvalue weighted by molar-refractivity contribution is -0.274. The lowest BCUT2D eigenvalue weighted by atomic mass is 9.96. The quantitative estimate of drug-likeness (QED) is 0.210. The number of amides is 2. The topological polar surface area (TPSA) is 84.6 Å². The van der Waals surface area contributed by atoms with Crippen molar-refractivity contribution in [3.63, 3.8) is 0 Å². The number of carbonyl (C=O) groups is 1. The van der Waals surface area contributed by atoms with Crippen molar-refractivity contribution >= 4 is 28.6 Å². The molecule has 0 spiro atoms. The van der Waals surface area contributed by atoms with Crippen LogP contribution in [0.1, 0.15) is 75.0 Å². The van der Waals surface area contributed by atoms with Crippen LogP contribution in [0.3, 0.4) is 0 Å². The fourth-order valence-corrected chi connectivity index (χ4v) is 7.63. The molecule has 0 radical (unpaired) electrons. The fraction of sp³-hybridized carbons (Fsp3) is 0.389. The maximum atomic E-state index is 13.3. The number of alkyl halides is 3. The second kappa shape index (κ2) is 14.0. The molecule has 1 aromatic heterocycles. The smallest absolute Gasteiger partial charge is 0.406 e. The molecule has 2 amide bonds. The molecule has 0 bridgehead atoms. The molecule has 1 saturated carbocycles. The van der Waals surface area contributed by atoms with E-state index in [2.05, 4.69) is 88.1 Å². The van der Waals surface area contributed by atoms with Gasteiger partial charge in [0.15, 0.2) is 11.0 Å². The minimum atomic E-state index is -4.74. The van der Waals surface area contributed by atoms with Gasteiger partial charge in [-0.2, -0.15) is 4.99 Å². The Labute approximate surface area is 282 Å². The van der Waals surface area contributed by atoms with Gasteiger partial charge in [-0.15, -0.1) is 18.3 Å². The summed E-state index contributed by atoms with van der Waals surface area (Å²) in [5.74, 6) is 1.79. The Morgan fingerprint density at radius 1 is 1.04 bits per heavy atom. The van der Waals surface area contributed by atoms with Crippen molar-refractivity contribution in [2.24, 2.45) is 4.99 Å². The van der Waals surface area contributed by atoms with Crippen LogP contribution in [0.25, 0.3) is 17.1 Å². The Morgan fingerprint density at radius 2 is 1.79 bits per heavy atom. The van der Waals surface area contributed by atoms with Crippen LogP contribution in [-0.2, 0) is 0 Å². The number of aryl methyl sites for hydroxylation is 1. The first-order valence-corrected chi connectivity index (χ1v) is 17.2. The monoisotopic (exact) mass is 676 g/mol. The van der Waals surface area contributed by atoms with E-state index in [1.807, 2.05) is 12.1 Å². The molecular weight excluding hydrogens is 637 g/mol. The summed E-state index contributed by atoms with van der Waals surface area (Å²) < 4.78 is 42.8. The molecule has 1 aliphatic carbocycles. The molecule has 252 valence electrons. The highest BCUT2D eigenvalue weighted by Crippen LogP contribution is 2.37. The first-order valence-electron chi connectivity index (χ1n) is 16.2. The van der Waals surface area contributed by atoms with Gasteiger partial charge >= 0.3 is 12.4 Å². The molecular formula is C36H39F3N6O2S. The Hall–Kier alpha value is -4.32. The fourth-order valence-electron chi connectivity index (χ4n) is 6.42. The van der Waals surface area contributed by atoms with E-state index in [0.717, 1.165) is 47.9 Å². The van der Waals surface area contributed by atoms with Crippen molar-refractivity contribution in [1.29, 1.82) is 0 Å². The second-order valence-corrected chi connectivity index (χ2v) is 13.9. The number of halogens is 3. The van der Waals surface area contributed by atoms with Crippen LogP contribution in [0.2, 0.25) is 0 Å². The Bertz CT molecular complexity index is 1770. The van der Waals surface area contributed by atoms with E-state index in [9.17, 15) is 18.0 Å². The molecule has 4 aromatic rings. The number of hydrogen-bond donors (Lipinski definition) is 1. The molecule has 1 aliphatic heterocycles. The van der Waals surface area contributed by atoms with Gasteiger partial charge in [-0.25, -0.2) is 14.5 Å². The largest absolute Gasteiger partial charge is 0.573 e. The van der Waals surface area contributed by atoms with Gasteiger partial charge in [-0.3, -0.25) is 0 Å². The summed E-state index contributed by atoms with van der Waals surface area (Å²) in [5, 5.41) is 8.43. The number of ether oxygens (including phenoxy) is 1. The van der Waals surface area contributed by atoms with Gasteiger partial charge < -0.3 is 15.0 Å². The Kier molecular flexibility index (Phi) is 9.82. The summed E-state index contributed by atoms with van der Waals surface area (Å²) in [7, 11) is 0. The molecule has 1 N–H and O–H groups in total. The van der Waals surface area contributed by atoms with Crippen molar-refractivity contribution in [1.82, 2.24) is 20.1 Å². The maximum absolute atomic E-state index is 13.3. The number of nitrogens with one attached hydrogen (secondary N) is 1. The highest BCUT2D eigenvalue weighted by molar-refractivity contribution is 8.14. The third-order valence-corrected chi connectivity index (χ3v) is 9.89. The first kappa shape index (κ1) is 33.6. The van der Waals surface area contributed by atoms with Gasteiger partial charge in [0.2, 0.25) is 0 Å². The standard InChI is InChI=1S/C36H39F3N6O2S/c1-22(2)31-16-5-23(3)19-32(31)45-24(4)17-18-48-35(45)42-34(46)41-28-11-10-27(20-28)25-6-8-26(9-7-25)33-40-21-44(43-33)29-12-14-30(15-13-29)47-36(37,38)39/h5-9,12-16,19,21-22,24,27-28H,10-11,17-18,20H2,1-4H3,(H,41,46)/b42-35-. The minimum absolute atomic E-state index is 0.0430. The molecule has 3 unspecified atom stereocenters. The second-order valence-electron chi connectivity index (χ2n) is 12.8. The summed E-state index contributed by atoms with van der Waals surface area (Å²) in [6, 6.07) is 20.1. The van der Waals surface area contributed by atoms with Crippen LogP contribution in [0.15, 0.2) is 78.0 Å². The highest BCUT2D eigenvalue weighted by atomic mass is 32.2. The van der Waals surface area contributed by atoms with Gasteiger partial charge in [0.05, 0.1) is 5.69 Å². The van der Waals surface area contributed by atoms with Crippen LogP contribution in [0.5, 0.6) is 5.75 Å². The molecule has 3 atom stereocenters. The Balaban J connectivity index is 1.08. The van der Waals surface area contributed by atoms with Crippen molar-refractivity contribution in [2.45, 2.75) is 83.7 Å². The number of aliphatic imine (C=N–C) groups is 1. The molecule has 48 heavy (non-hydrogen) atoms. The molecule has 12 heteroatoms. The summed E-state index contributed by atoms with van der Waals surface area (Å²) in [4.78, 5) is 24.5. The molecule has 2 heterocycles. The van der Waals surface area contributed by atoms with E-state index in [-0.39, 0.29) is 23.9 Å². The van der Waals surface area contributed by atoms with Crippen molar-refractivity contribution in [2.75, 3.05) is 10.7 Å². The predicted molar refractivity (Wildman–Crippen MR) is 184 cm³/mol. The number of aromatic nitrogens is 3. The molecule has 2 aliphatic rings. The van der Waals surface area contributed by atoms with E-state index >= 15 is 0 Å². The summed E-state index contributed by atoms with van der Waals surface area (Å²) in [6.07, 6.45) is 0.471. The third-order valence-electron chi connectivity index (χ3n) is 8.91. The maximum Gasteiger partial charge on any atom is 0.573 e. The van der Waals surface area contributed by atoms with E-state index in [4.69, 9.17) is 0 Å². The van der Waals surface area contributed by atoms with Crippen molar-refractivity contribution in [3.8, 4) is 22.8 Å². The van der Waals surface area contributed by atoms with Gasteiger partial charge in [-0.1, -0.05) is 62.0 Å². The van der Waals surface area contributed by atoms with Crippen LogP contribution in [-0.4, -0.2) is 50.2 Å². The summed E-state index contributed by atoms with van der Waals surface area (Å²) >= 11 is 1.64. The highest BCUT2D eigenvalue weighted by Gasteiger charge is 2.32. The van der Waals surface area contributed by atoms with Gasteiger partial charge in [0.25, 0.3) is 0 Å². The van der Waals surface area contributed by atoms with Crippen LogP contribution < -0.4 is 15.0 Å². The molecule has 8 nitrogen and oxygen atoms in total. The van der Waals surface area contributed by atoms with E-state index in [1.165, 1.54) is 52.0 Å². The van der Waals surface area contributed by atoms with E-state index in [0.29, 0.717) is 23.3 Å². The zero-order valence-corrected chi connectivity index (χ0v) is 28.2. The molecule has 2 fully saturated rings. The molecule has 1 saturated heterocycles. The third kappa shape index (κ3) is 7.86. The number of benzene rings is 3. The van der Waals surface area contributed by atoms with Crippen LogP contribution in [0, 0.1) is 6.92 Å². The number of nitrogens with zero attached hydrogens (tertiary/aromatic N) is 5. The average Bonchev–Trinajstić information content (AvgIpc) is 3.71. The van der Waals surface area contributed by atoms with Gasteiger partial charge in [0.1, 0.15) is 12.1 Å². The normalized spacial score (nSPS) is 20.8. The average molecular weight is 677 g/mol. The first-order chi connectivity index (χ1) is 22.9. The lowest BCUT2D eigenvalue weighted by Crippen LogP contribution is -2.43. The number of amidine groups is 1. The van der Waals surface area contributed by atoms with E-state index < -0.39 is 6.36 Å². The number of thioether (sulfide) groups is 1. The number of carbonyl (C=O) groups excluding carboxylic acids is 1. The zero-order valence-electron chi connectivity index (χ0n) is 27.4. The molecule has 6 rings (SSSR count). The summed E-state index contributed by atoms with van der Waals surface area (Å²) in [5.41, 5.74) is 6.14. The van der Waals surface area contributed by atoms with Crippen molar-refractivity contribution < 1.29 is 22.7 Å². The van der Waals surface area contributed by atoms with Gasteiger partial charge in [0, 0.05) is 29.1 Å². The number of hydrogen-bond acceptors (Lipinski definition) is 5. The van der Waals surface area contributed by atoms with Crippen LogP contribution >= 0.6 is 11.8 Å². The predicted octanol–water partition coefficient (Wildman–Crippen LogP) is 9.00. The summed E-state index contributed by atoms with van der Waals surface area (Å²) in [6.45, 7) is 8.69. The van der Waals surface area contributed by atoms with Gasteiger partial charge in [-0.05, 0) is 98.4 Å². The Morgan fingerprint density at radius 3 is 2.50 bits per heavy atom.